The average molecular weight is 558 g/mol. The Morgan fingerprint density at radius 2 is 1.76 bits per heavy atom. The van der Waals surface area contributed by atoms with Gasteiger partial charge in [0.15, 0.2) is 11.6 Å². The number of benzene rings is 2. The Kier molecular flexibility index (Phi) is 11.3. The molecule has 37 heavy (non-hydrogen) atoms. The summed E-state index contributed by atoms with van der Waals surface area (Å²) in [5, 5.41) is 3.33. The second-order valence-corrected chi connectivity index (χ2v) is 11.5. The largest absolute Gasteiger partial charge is 0.354 e. The zero-order valence-corrected chi connectivity index (χ0v) is 23.1. The molecule has 0 bridgehead atoms. The molecular weight excluding hydrogens is 524 g/mol. The molecule has 1 atom stereocenters. The van der Waals surface area contributed by atoms with Gasteiger partial charge in [0.2, 0.25) is 21.8 Å². The quantitative estimate of drug-likeness (QED) is 0.385. The van der Waals surface area contributed by atoms with Crippen molar-refractivity contribution in [3.8, 4) is 0 Å². The van der Waals surface area contributed by atoms with Gasteiger partial charge in [0.05, 0.1) is 11.9 Å². The molecule has 0 aliphatic rings. The fourth-order valence-electron chi connectivity index (χ4n) is 3.80. The normalized spacial score (nSPS) is 12.3. The van der Waals surface area contributed by atoms with E-state index in [1.165, 1.54) is 4.90 Å². The Morgan fingerprint density at radius 1 is 1.08 bits per heavy atom. The number of nitrogens with one attached hydrogen (secondary N) is 1. The van der Waals surface area contributed by atoms with E-state index in [0.717, 1.165) is 28.8 Å². The van der Waals surface area contributed by atoms with Crippen molar-refractivity contribution in [1.82, 2.24) is 10.2 Å². The highest BCUT2D eigenvalue weighted by Gasteiger charge is 2.29. The molecule has 0 aliphatic carbocycles. The molecule has 0 radical (unpaired) electrons. The van der Waals surface area contributed by atoms with Crippen molar-refractivity contribution in [2.45, 2.75) is 52.6 Å². The molecule has 1 N–H and O–H groups in total. The number of carbonyl (C=O) groups is 2. The molecular formula is C26H34ClF2N3O4S. The van der Waals surface area contributed by atoms with E-state index in [9.17, 15) is 26.8 Å². The maximum Gasteiger partial charge on any atom is 0.242 e. The fraction of sp³-hybridized carbons (Fsp3) is 0.462. The van der Waals surface area contributed by atoms with Crippen molar-refractivity contribution in [2.24, 2.45) is 5.92 Å². The molecule has 0 saturated carbocycles. The van der Waals surface area contributed by atoms with Crippen LogP contribution in [0.4, 0.5) is 14.5 Å². The Labute approximate surface area is 222 Å². The second kappa shape index (κ2) is 13.7. The van der Waals surface area contributed by atoms with Gasteiger partial charge in [-0.1, -0.05) is 50.6 Å². The van der Waals surface area contributed by atoms with Crippen LogP contribution in [-0.4, -0.2) is 50.5 Å². The number of anilines is 1. The lowest BCUT2D eigenvalue weighted by atomic mass is 10.1. The van der Waals surface area contributed by atoms with Crippen molar-refractivity contribution in [3.63, 3.8) is 0 Å². The standard InChI is InChI=1S/C26H34ClF2N3O4S/c1-5-24(26(34)30-16-18(2)3)31(17-19-9-6-7-10-21(19)27)25(33)11-8-14-32(37(4,35)36)20-12-13-22(28)23(29)15-20/h6-7,9-10,12-13,15,18,24H,5,8,11,14,16-17H2,1-4H3,(H,30,34). The zero-order chi connectivity index (χ0) is 27.8. The number of halogens is 3. The smallest absolute Gasteiger partial charge is 0.242 e. The van der Waals surface area contributed by atoms with Crippen molar-refractivity contribution in [3.05, 3.63) is 64.7 Å². The van der Waals surface area contributed by atoms with Crippen molar-refractivity contribution in [1.29, 1.82) is 0 Å². The molecule has 7 nitrogen and oxygen atoms in total. The third-order valence-electron chi connectivity index (χ3n) is 5.71. The predicted molar refractivity (Wildman–Crippen MR) is 142 cm³/mol. The van der Waals surface area contributed by atoms with Crippen LogP contribution >= 0.6 is 11.6 Å². The van der Waals surface area contributed by atoms with E-state index in [1.54, 1.807) is 31.2 Å². The van der Waals surface area contributed by atoms with Gasteiger partial charge >= 0.3 is 0 Å². The highest BCUT2D eigenvalue weighted by Crippen LogP contribution is 2.23. The van der Waals surface area contributed by atoms with Gasteiger partial charge < -0.3 is 10.2 Å². The van der Waals surface area contributed by atoms with Gasteiger partial charge in [-0.3, -0.25) is 13.9 Å². The van der Waals surface area contributed by atoms with Gasteiger partial charge in [0, 0.05) is 37.1 Å². The third kappa shape index (κ3) is 8.96. The number of carbonyl (C=O) groups excluding carboxylic acids is 2. The summed E-state index contributed by atoms with van der Waals surface area (Å²) in [6.07, 6.45) is 1.33. The van der Waals surface area contributed by atoms with Crippen LogP contribution in [0, 0.1) is 17.6 Å². The van der Waals surface area contributed by atoms with Gasteiger partial charge in [-0.25, -0.2) is 17.2 Å². The summed E-state index contributed by atoms with van der Waals surface area (Å²) in [5.41, 5.74) is 0.633. The van der Waals surface area contributed by atoms with Crippen LogP contribution in [0.25, 0.3) is 0 Å². The first kappa shape index (κ1) is 30.5. The maximum atomic E-state index is 13.7. The summed E-state index contributed by atoms with van der Waals surface area (Å²) in [6, 6.07) is 9.09. The maximum absolute atomic E-state index is 13.7. The first-order chi connectivity index (χ1) is 17.3. The van der Waals surface area contributed by atoms with Crippen LogP contribution in [0.3, 0.4) is 0 Å². The first-order valence-corrected chi connectivity index (χ1v) is 14.3. The second-order valence-electron chi connectivity index (χ2n) is 9.21. The van der Waals surface area contributed by atoms with E-state index in [0.29, 0.717) is 23.6 Å². The predicted octanol–water partition coefficient (Wildman–Crippen LogP) is 4.74. The molecule has 0 spiro atoms. The Balaban J connectivity index is 2.24. The van der Waals surface area contributed by atoms with Gasteiger partial charge in [0.1, 0.15) is 6.04 Å². The molecule has 0 heterocycles. The van der Waals surface area contributed by atoms with Crippen LogP contribution in [0.15, 0.2) is 42.5 Å². The minimum atomic E-state index is -3.83. The van der Waals surface area contributed by atoms with E-state index in [2.05, 4.69) is 5.32 Å². The van der Waals surface area contributed by atoms with E-state index in [1.807, 2.05) is 13.8 Å². The zero-order valence-electron chi connectivity index (χ0n) is 21.5. The van der Waals surface area contributed by atoms with Crippen LogP contribution in [0.2, 0.25) is 5.02 Å². The van der Waals surface area contributed by atoms with E-state index >= 15 is 0 Å². The lowest BCUT2D eigenvalue weighted by molar-refractivity contribution is -0.141. The van der Waals surface area contributed by atoms with Crippen LogP contribution < -0.4 is 9.62 Å². The molecule has 1 unspecified atom stereocenters. The SMILES string of the molecule is CCC(C(=O)NCC(C)C)N(Cc1ccccc1Cl)C(=O)CCCN(c1ccc(F)c(F)c1)S(C)(=O)=O. The molecule has 0 aromatic heterocycles. The topological polar surface area (TPSA) is 86.8 Å². The molecule has 2 aromatic carbocycles. The van der Waals surface area contributed by atoms with Crippen molar-refractivity contribution >= 4 is 39.1 Å². The first-order valence-electron chi connectivity index (χ1n) is 12.1. The summed E-state index contributed by atoms with van der Waals surface area (Å²) in [4.78, 5) is 27.8. The third-order valence-corrected chi connectivity index (χ3v) is 7.28. The molecule has 0 aliphatic heterocycles. The number of nitrogens with zero attached hydrogens (tertiary/aromatic N) is 2. The highest BCUT2D eigenvalue weighted by atomic mass is 35.5. The molecule has 0 fully saturated rings. The minimum absolute atomic E-state index is 0.0405. The van der Waals surface area contributed by atoms with Crippen molar-refractivity contribution < 1.29 is 26.8 Å². The van der Waals surface area contributed by atoms with Gasteiger partial charge in [-0.2, -0.15) is 0 Å². The molecule has 2 rings (SSSR count). The number of hydrogen-bond donors (Lipinski definition) is 1. The lowest BCUT2D eigenvalue weighted by Gasteiger charge is -2.31. The van der Waals surface area contributed by atoms with Gasteiger partial charge in [-0.15, -0.1) is 0 Å². The summed E-state index contributed by atoms with van der Waals surface area (Å²) in [6.45, 7) is 6.17. The molecule has 11 heteroatoms. The van der Waals surface area contributed by atoms with Crippen LogP contribution in [0.5, 0.6) is 0 Å². The molecule has 0 saturated heterocycles. The summed E-state index contributed by atoms with van der Waals surface area (Å²) >= 11 is 6.32. The van der Waals surface area contributed by atoms with Gasteiger partial charge in [-0.05, 0) is 42.5 Å². The van der Waals surface area contributed by atoms with E-state index in [-0.39, 0.29) is 49.4 Å². The average Bonchev–Trinajstić information content (AvgIpc) is 2.82. The van der Waals surface area contributed by atoms with Gasteiger partial charge in [0.25, 0.3) is 0 Å². The number of amides is 2. The summed E-state index contributed by atoms with van der Waals surface area (Å²) < 4.78 is 52.7. The van der Waals surface area contributed by atoms with E-state index in [4.69, 9.17) is 11.6 Å². The molecule has 2 amide bonds. The Hall–Kier alpha value is -2.72. The lowest BCUT2D eigenvalue weighted by Crippen LogP contribution is -2.49. The highest BCUT2D eigenvalue weighted by molar-refractivity contribution is 7.92. The van der Waals surface area contributed by atoms with E-state index < -0.39 is 27.7 Å². The number of rotatable bonds is 13. The summed E-state index contributed by atoms with van der Waals surface area (Å²) in [5.74, 6) is -2.68. The Bertz CT molecular complexity index is 1190. The summed E-state index contributed by atoms with van der Waals surface area (Å²) in [7, 11) is -3.83. The van der Waals surface area contributed by atoms with Crippen LogP contribution in [-0.2, 0) is 26.2 Å². The Morgan fingerprint density at radius 3 is 2.32 bits per heavy atom. The molecule has 204 valence electrons. The fourth-order valence-corrected chi connectivity index (χ4v) is 4.95. The number of hydrogen-bond acceptors (Lipinski definition) is 4. The minimum Gasteiger partial charge on any atom is -0.354 e. The van der Waals surface area contributed by atoms with Crippen LogP contribution in [0.1, 0.15) is 45.6 Å². The molecule has 2 aromatic rings. The monoisotopic (exact) mass is 557 g/mol. The van der Waals surface area contributed by atoms with Crippen molar-refractivity contribution in [2.75, 3.05) is 23.7 Å². The number of sulfonamides is 1.